The lowest BCUT2D eigenvalue weighted by atomic mass is 10.2. The van der Waals surface area contributed by atoms with Gasteiger partial charge in [-0.25, -0.2) is 9.97 Å². The molecule has 0 aliphatic heterocycles. The van der Waals surface area contributed by atoms with Crippen molar-refractivity contribution in [1.29, 1.82) is 0 Å². The second-order valence-corrected chi connectivity index (χ2v) is 6.45. The van der Waals surface area contributed by atoms with Gasteiger partial charge in [-0.2, -0.15) is 0 Å². The lowest BCUT2D eigenvalue weighted by Gasteiger charge is -2.10. The van der Waals surface area contributed by atoms with Crippen molar-refractivity contribution < 1.29 is 9.59 Å². The fraction of sp³-hybridized carbons (Fsp3) is 0.100. The number of nitrogens with zero attached hydrogens (tertiary/aromatic N) is 2. The number of para-hydroxylation sites is 1. The van der Waals surface area contributed by atoms with Crippen molar-refractivity contribution in [2.24, 2.45) is 0 Å². The normalized spacial score (nSPS) is 10.2. The number of rotatable bonds is 5. The number of hydrogen-bond donors (Lipinski definition) is 3. The number of halogens is 1. The van der Waals surface area contributed by atoms with Gasteiger partial charge in [-0.15, -0.1) is 0 Å². The van der Waals surface area contributed by atoms with E-state index in [2.05, 4.69) is 25.9 Å². The number of carbonyl (C=O) groups is 2. The van der Waals surface area contributed by atoms with Gasteiger partial charge in [0.25, 0.3) is 5.91 Å². The summed E-state index contributed by atoms with van der Waals surface area (Å²) in [5.41, 5.74) is 2.59. The van der Waals surface area contributed by atoms with E-state index in [0.717, 1.165) is 0 Å². The molecular weight excluding hydrogens is 378 g/mol. The molecule has 3 rings (SSSR count). The van der Waals surface area contributed by atoms with E-state index in [1.165, 1.54) is 6.92 Å². The van der Waals surface area contributed by atoms with Crippen LogP contribution in [0.25, 0.3) is 0 Å². The maximum Gasteiger partial charge on any atom is 0.274 e. The molecular formula is C20H18ClN5O2. The molecule has 3 aromatic rings. The minimum atomic E-state index is -0.396. The van der Waals surface area contributed by atoms with Crippen LogP contribution in [0.1, 0.15) is 23.1 Å². The summed E-state index contributed by atoms with van der Waals surface area (Å²) in [5, 5.41) is 8.98. The zero-order valence-electron chi connectivity index (χ0n) is 15.3. The van der Waals surface area contributed by atoms with Gasteiger partial charge in [0.2, 0.25) is 11.9 Å². The average molecular weight is 396 g/mol. The van der Waals surface area contributed by atoms with E-state index in [1.54, 1.807) is 49.4 Å². The van der Waals surface area contributed by atoms with E-state index >= 15 is 0 Å². The molecule has 7 nitrogen and oxygen atoms in total. The Hall–Kier alpha value is -3.45. The van der Waals surface area contributed by atoms with Crippen molar-refractivity contribution in [1.82, 2.24) is 9.97 Å². The summed E-state index contributed by atoms with van der Waals surface area (Å²) in [6.45, 7) is 3.19. The van der Waals surface area contributed by atoms with Crippen LogP contribution in [0.3, 0.4) is 0 Å². The zero-order valence-corrected chi connectivity index (χ0v) is 16.0. The first-order chi connectivity index (χ1) is 13.4. The van der Waals surface area contributed by atoms with Crippen LogP contribution in [0.2, 0.25) is 5.02 Å². The van der Waals surface area contributed by atoms with Crippen LogP contribution in [0.5, 0.6) is 0 Å². The van der Waals surface area contributed by atoms with Gasteiger partial charge in [0.05, 0.1) is 10.7 Å². The largest absolute Gasteiger partial charge is 0.326 e. The molecule has 8 heteroatoms. The molecule has 1 heterocycles. The number of aryl methyl sites for hydroxylation is 1. The predicted octanol–water partition coefficient (Wildman–Crippen LogP) is 4.39. The minimum absolute atomic E-state index is 0.190. The van der Waals surface area contributed by atoms with Crippen LogP contribution >= 0.6 is 11.6 Å². The molecule has 0 saturated carbocycles. The van der Waals surface area contributed by atoms with Crippen LogP contribution in [-0.4, -0.2) is 21.8 Å². The topological polar surface area (TPSA) is 96.0 Å². The monoisotopic (exact) mass is 395 g/mol. The molecule has 0 spiro atoms. The highest BCUT2D eigenvalue weighted by molar-refractivity contribution is 6.33. The summed E-state index contributed by atoms with van der Waals surface area (Å²) in [6, 6.07) is 15.6. The average Bonchev–Trinajstić information content (AvgIpc) is 2.63. The van der Waals surface area contributed by atoms with Gasteiger partial charge in [0.15, 0.2) is 0 Å². The van der Waals surface area contributed by atoms with Gasteiger partial charge in [-0.05, 0) is 43.3 Å². The Balaban J connectivity index is 1.80. The van der Waals surface area contributed by atoms with Crippen molar-refractivity contribution in [3.63, 3.8) is 0 Å². The van der Waals surface area contributed by atoms with Gasteiger partial charge in [0, 0.05) is 24.0 Å². The van der Waals surface area contributed by atoms with E-state index in [-0.39, 0.29) is 17.5 Å². The van der Waals surface area contributed by atoms with Crippen LogP contribution in [0.4, 0.5) is 23.0 Å². The van der Waals surface area contributed by atoms with E-state index in [0.29, 0.717) is 27.8 Å². The fourth-order valence-electron chi connectivity index (χ4n) is 2.50. The van der Waals surface area contributed by atoms with Crippen LogP contribution in [0, 0.1) is 6.92 Å². The number of anilines is 4. The summed E-state index contributed by atoms with van der Waals surface area (Å²) in [7, 11) is 0. The Bertz CT molecular complexity index is 1040. The van der Waals surface area contributed by atoms with Crippen molar-refractivity contribution >= 4 is 46.4 Å². The summed E-state index contributed by atoms with van der Waals surface area (Å²) in [6.07, 6.45) is 0. The minimum Gasteiger partial charge on any atom is -0.326 e. The van der Waals surface area contributed by atoms with E-state index in [1.807, 2.05) is 12.1 Å². The SMILES string of the molecule is CC(=O)Nc1cccc(NC(=O)c2cc(C)nc(Nc3ccccc3Cl)n2)c1. The molecule has 2 aromatic carbocycles. The molecule has 28 heavy (non-hydrogen) atoms. The van der Waals surface area contributed by atoms with Crippen LogP contribution in [-0.2, 0) is 4.79 Å². The summed E-state index contributed by atoms with van der Waals surface area (Å²) in [4.78, 5) is 32.4. The smallest absolute Gasteiger partial charge is 0.274 e. The number of amides is 2. The highest BCUT2D eigenvalue weighted by atomic mass is 35.5. The van der Waals surface area contributed by atoms with Gasteiger partial charge in [0.1, 0.15) is 5.69 Å². The number of carbonyl (C=O) groups excluding carboxylic acids is 2. The lowest BCUT2D eigenvalue weighted by molar-refractivity contribution is -0.114. The van der Waals surface area contributed by atoms with E-state index < -0.39 is 5.91 Å². The molecule has 142 valence electrons. The quantitative estimate of drug-likeness (QED) is 0.595. The molecule has 0 saturated heterocycles. The summed E-state index contributed by atoms with van der Waals surface area (Å²) in [5.74, 6) is -0.317. The van der Waals surface area contributed by atoms with E-state index in [9.17, 15) is 9.59 Å². The number of hydrogen-bond acceptors (Lipinski definition) is 5. The Kier molecular flexibility index (Phi) is 5.86. The van der Waals surface area contributed by atoms with Crippen LogP contribution < -0.4 is 16.0 Å². The molecule has 0 aliphatic rings. The standard InChI is InChI=1S/C20H18ClN5O2/c1-12-10-18(26-20(22-12)25-17-9-4-3-8-16(17)21)19(28)24-15-7-5-6-14(11-15)23-13(2)27/h3-11H,1-2H3,(H,23,27)(H,24,28)(H,22,25,26). The first kappa shape index (κ1) is 19.3. The van der Waals surface area contributed by atoms with Gasteiger partial charge >= 0.3 is 0 Å². The molecule has 3 N–H and O–H groups in total. The Morgan fingerprint density at radius 1 is 0.929 bits per heavy atom. The highest BCUT2D eigenvalue weighted by Crippen LogP contribution is 2.23. The summed E-state index contributed by atoms with van der Waals surface area (Å²) >= 11 is 6.15. The molecule has 0 unspecified atom stereocenters. The second-order valence-electron chi connectivity index (χ2n) is 6.04. The lowest BCUT2D eigenvalue weighted by Crippen LogP contribution is -2.16. The third-order valence-corrected chi connectivity index (χ3v) is 3.98. The van der Waals surface area contributed by atoms with Gasteiger partial charge in [-0.1, -0.05) is 29.8 Å². The Morgan fingerprint density at radius 3 is 2.36 bits per heavy atom. The molecule has 0 aliphatic carbocycles. The van der Waals surface area contributed by atoms with Gasteiger partial charge in [-0.3, -0.25) is 9.59 Å². The number of nitrogens with one attached hydrogen (secondary N) is 3. The third-order valence-electron chi connectivity index (χ3n) is 3.65. The molecule has 0 atom stereocenters. The second kappa shape index (κ2) is 8.49. The van der Waals surface area contributed by atoms with Crippen molar-refractivity contribution in [2.75, 3.05) is 16.0 Å². The molecule has 0 bridgehead atoms. The zero-order chi connectivity index (χ0) is 20.1. The van der Waals surface area contributed by atoms with Crippen molar-refractivity contribution in [2.45, 2.75) is 13.8 Å². The molecule has 0 fully saturated rings. The van der Waals surface area contributed by atoms with Crippen molar-refractivity contribution in [3.8, 4) is 0 Å². The van der Waals surface area contributed by atoms with E-state index in [4.69, 9.17) is 11.6 Å². The Morgan fingerprint density at radius 2 is 1.64 bits per heavy atom. The Labute approximate surface area is 167 Å². The summed E-state index contributed by atoms with van der Waals surface area (Å²) < 4.78 is 0. The first-order valence-corrected chi connectivity index (χ1v) is 8.85. The molecule has 0 radical (unpaired) electrons. The molecule has 2 amide bonds. The predicted molar refractivity (Wildman–Crippen MR) is 110 cm³/mol. The van der Waals surface area contributed by atoms with Crippen molar-refractivity contribution in [3.05, 3.63) is 71.0 Å². The maximum absolute atomic E-state index is 12.6. The van der Waals surface area contributed by atoms with Gasteiger partial charge < -0.3 is 16.0 Å². The maximum atomic E-state index is 12.6. The number of benzene rings is 2. The van der Waals surface area contributed by atoms with Crippen LogP contribution in [0.15, 0.2) is 54.6 Å². The first-order valence-electron chi connectivity index (χ1n) is 8.47. The fourth-order valence-corrected chi connectivity index (χ4v) is 2.68. The highest BCUT2D eigenvalue weighted by Gasteiger charge is 2.12. The molecule has 1 aromatic heterocycles. The third kappa shape index (κ3) is 5.05. The number of aromatic nitrogens is 2.